The Bertz CT molecular complexity index is 847. The van der Waals surface area contributed by atoms with Crippen molar-refractivity contribution in [2.45, 2.75) is 32.6 Å². The second-order valence-corrected chi connectivity index (χ2v) is 6.81. The Kier molecular flexibility index (Phi) is 6.47. The van der Waals surface area contributed by atoms with E-state index in [0.717, 1.165) is 38.8 Å². The molecule has 0 atom stereocenters. The fourth-order valence-electron chi connectivity index (χ4n) is 3.32. The molecule has 0 unspecified atom stereocenters. The van der Waals surface area contributed by atoms with Crippen LogP contribution < -0.4 is 15.0 Å². The lowest BCUT2D eigenvalue weighted by Gasteiger charge is -2.28. The van der Waals surface area contributed by atoms with Gasteiger partial charge >= 0.3 is 0 Å². The van der Waals surface area contributed by atoms with Gasteiger partial charge in [0.1, 0.15) is 11.4 Å². The fraction of sp³-hybridized carbons (Fsp3) is 0.381. The summed E-state index contributed by atoms with van der Waals surface area (Å²) < 4.78 is 5.65. The number of nitrogens with one attached hydrogen (secondary N) is 1. The summed E-state index contributed by atoms with van der Waals surface area (Å²) in [7, 11) is 0. The third kappa shape index (κ3) is 4.60. The summed E-state index contributed by atoms with van der Waals surface area (Å²) in [5, 5.41) is 14.4. The molecule has 0 spiro atoms. The van der Waals surface area contributed by atoms with E-state index in [-0.39, 0.29) is 11.3 Å². The van der Waals surface area contributed by atoms with Crippen molar-refractivity contribution in [1.29, 1.82) is 0 Å². The van der Waals surface area contributed by atoms with Gasteiger partial charge in [-0.2, -0.15) is 0 Å². The first-order valence-corrected chi connectivity index (χ1v) is 9.66. The fourth-order valence-corrected chi connectivity index (χ4v) is 3.32. The Hall–Kier alpha value is -3.09. The summed E-state index contributed by atoms with van der Waals surface area (Å²) in [6.45, 7) is 4.15. The van der Waals surface area contributed by atoms with Crippen LogP contribution in [-0.4, -0.2) is 30.5 Å². The van der Waals surface area contributed by atoms with Crippen LogP contribution >= 0.6 is 0 Å². The molecular weight excluding hydrogens is 358 g/mol. The highest BCUT2D eigenvalue weighted by atomic mass is 16.6. The Balaban J connectivity index is 1.82. The summed E-state index contributed by atoms with van der Waals surface area (Å²) in [6, 6.07) is 11.8. The van der Waals surface area contributed by atoms with Crippen LogP contribution in [0, 0.1) is 10.1 Å². The lowest BCUT2D eigenvalue weighted by atomic mass is 10.1. The molecule has 7 nitrogen and oxygen atoms in total. The molecule has 28 heavy (non-hydrogen) atoms. The van der Waals surface area contributed by atoms with E-state index >= 15 is 0 Å². The Morgan fingerprint density at radius 3 is 2.64 bits per heavy atom. The summed E-state index contributed by atoms with van der Waals surface area (Å²) >= 11 is 0. The molecular formula is C21H25N3O4. The SMILES string of the molecule is CCCOc1ccccc1NC(=O)c1ccc(N2CCCCC2)c([N+](=O)[O-])c1. The van der Waals surface area contributed by atoms with E-state index in [9.17, 15) is 14.9 Å². The van der Waals surface area contributed by atoms with E-state index < -0.39 is 10.8 Å². The van der Waals surface area contributed by atoms with Crippen LogP contribution in [0.2, 0.25) is 0 Å². The molecule has 2 aromatic rings. The molecule has 0 aliphatic carbocycles. The van der Waals surface area contributed by atoms with Crippen molar-refractivity contribution >= 4 is 23.0 Å². The Morgan fingerprint density at radius 1 is 1.18 bits per heavy atom. The monoisotopic (exact) mass is 383 g/mol. The molecule has 1 aliphatic heterocycles. The van der Waals surface area contributed by atoms with Crippen molar-refractivity contribution in [1.82, 2.24) is 0 Å². The van der Waals surface area contributed by atoms with E-state index in [2.05, 4.69) is 5.32 Å². The van der Waals surface area contributed by atoms with Gasteiger partial charge in [-0.15, -0.1) is 0 Å². The standard InChI is InChI=1S/C21H25N3O4/c1-2-14-28-20-9-5-4-8-17(20)22-21(25)16-10-11-18(19(15-16)24(26)27)23-12-6-3-7-13-23/h4-5,8-11,15H,2-3,6-7,12-14H2,1H3,(H,22,25). The maximum atomic E-state index is 12.7. The second-order valence-electron chi connectivity index (χ2n) is 6.81. The molecule has 0 bridgehead atoms. The number of nitro groups is 1. The predicted molar refractivity (Wildman–Crippen MR) is 109 cm³/mol. The summed E-state index contributed by atoms with van der Waals surface area (Å²) in [6.07, 6.45) is 4.04. The number of hydrogen-bond donors (Lipinski definition) is 1. The van der Waals surface area contributed by atoms with Crippen LogP contribution in [-0.2, 0) is 0 Å². The zero-order chi connectivity index (χ0) is 19.9. The molecule has 1 saturated heterocycles. The van der Waals surface area contributed by atoms with Crippen molar-refractivity contribution in [2.24, 2.45) is 0 Å². The van der Waals surface area contributed by atoms with Crippen molar-refractivity contribution in [3.05, 3.63) is 58.1 Å². The van der Waals surface area contributed by atoms with Crippen molar-refractivity contribution in [2.75, 3.05) is 29.9 Å². The first-order chi connectivity index (χ1) is 13.6. The van der Waals surface area contributed by atoms with Gasteiger partial charge in [-0.1, -0.05) is 19.1 Å². The maximum Gasteiger partial charge on any atom is 0.293 e. The molecule has 1 aliphatic rings. The number of carbonyl (C=O) groups excluding carboxylic acids is 1. The minimum Gasteiger partial charge on any atom is -0.491 e. The summed E-state index contributed by atoms with van der Waals surface area (Å²) in [5.74, 6) is 0.179. The summed E-state index contributed by atoms with van der Waals surface area (Å²) in [4.78, 5) is 25.9. The van der Waals surface area contributed by atoms with E-state index in [1.807, 2.05) is 17.9 Å². The number of nitro benzene ring substituents is 1. The number of amides is 1. The van der Waals surface area contributed by atoms with Gasteiger partial charge in [-0.05, 0) is 49.9 Å². The van der Waals surface area contributed by atoms with Crippen LogP contribution in [0.1, 0.15) is 43.0 Å². The second kappa shape index (κ2) is 9.21. The van der Waals surface area contributed by atoms with Crippen LogP contribution in [0.25, 0.3) is 0 Å². The normalized spacial score (nSPS) is 13.8. The highest BCUT2D eigenvalue weighted by Crippen LogP contribution is 2.32. The minimum atomic E-state index is -0.418. The van der Waals surface area contributed by atoms with Gasteiger partial charge in [0.2, 0.25) is 0 Å². The quantitative estimate of drug-likeness (QED) is 0.557. The molecule has 0 aromatic heterocycles. The highest BCUT2D eigenvalue weighted by Gasteiger charge is 2.23. The number of nitrogens with zero attached hydrogens (tertiary/aromatic N) is 2. The number of ether oxygens (including phenoxy) is 1. The molecule has 2 aromatic carbocycles. The molecule has 0 saturated carbocycles. The topological polar surface area (TPSA) is 84.7 Å². The predicted octanol–water partition coefficient (Wildman–Crippen LogP) is 4.63. The van der Waals surface area contributed by atoms with Gasteiger partial charge in [0.05, 0.1) is 17.2 Å². The van der Waals surface area contributed by atoms with Crippen LogP contribution in [0.15, 0.2) is 42.5 Å². The average molecular weight is 383 g/mol. The van der Waals surface area contributed by atoms with E-state index in [0.29, 0.717) is 23.7 Å². The number of anilines is 2. The van der Waals surface area contributed by atoms with Crippen LogP contribution in [0.4, 0.5) is 17.1 Å². The smallest absolute Gasteiger partial charge is 0.293 e. The molecule has 148 valence electrons. The zero-order valence-electron chi connectivity index (χ0n) is 16.0. The lowest BCUT2D eigenvalue weighted by Crippen LogP contribution is -2.30. The molecule has 1 heterocycles. The number of rotatable bonds is 7. The number of piperidine rings is 1. The Labute approximate surface area is 164 Å². The molecule has 1 amide bonds. The molecule has 1 N–H and O–H groups in total. The number of benzene rings is 2. The highest BCUT2D eigenvalue weighted by molar-refractivity contribution is 6.05. The number of para-hydroxylation sites is 2. The maximum absolute atomic E-state index is 12.7. The van der Waals surface area contributed by atoms with Gasteiger partial charge in [0.25, 0.3) is 11.6 Å². The van der Waals surface area contributed by atoms with Gasteiger partial charge in [0, 0.05) is 24.7 Å². The lowest BCUT2D eigenvalue weighted by molar-refractivity contribution is -0.384. The first-order valence-electron chi connectivity index (χ1n) is 9.66. The van der Waals surface area contributed by atoms with E-state index in [1.165, 1.54) is 6.07 Å². The first kappa shape index (κ1) is 19.7. The van der Waals surface area contributed by atoms with Gasteiger partial charge in [-0.25, -0.2) is 0 Å². The van der Waals surface area contributed by atoms with Gasteiger partial charge < -0.3 is 15.0 Å². The van der Waals surface area contributed by atoms with Crippen LogP contribution in [0.5, 0.6) is 5.75 Å². The van der Waals surface area contributed by atoms with Crippen molar-refractivity contribution in [3.63, 3.8) is 0 Å². The van der Waals surface area contributed by atoms with E-state index in [1.54, 1.807) is 30.3 Å². The molecule has 7 heteroatoms. The minimum absolute atomic E-state index is 0.0370. The summed E-state index contributed by atoms with van der Waals surface area (Å²) in [5.41, 5.74) is 1.33. The van der Waals surface area contributed by atoms with E-state index in [4.69, 9.17) is 4.74 Å². The van der Waals surface area contributed by atoms with Crippen molar-refractivity contribution < 1.29 is 14.5 Å². The zero-order valence-corrected chi connectivity index (χ0v) is 16.0. The third-order valence-electron chi connectivity index (χ3n) is 4.73. The molecule has 0 radical (unpaired) electrons. The number of carbonyl (C=O) groups is 1. The largest absolute Gasteiger partial charge is 0.491 e. The van der Waals surface area contributed by atoms with Crippen LogP contribution in [0.3, 0.4) is 0 Å². The number of hydrogen-bond acceptors (Lipinski definition) is 5. The third-order valence-corrected chi connectivity index (χ3v) is 4.73. The van der Waals surface area contributed by atoms with Crippen molar-refractivity contribution in [3.8, 4) is 5.75 Å². The average Bonchev–Trinajstić information content (AvgIpc) is 2.73. The van der Waals surface area contributed by atoms with Gasteiger partial charge in [0.15, 0.2) is 0 Å². The van der Waals surface area contributed by atoms with Gasteiger partial charge in [-0.3, -0.25) is 14.9 Å². The Morgan fingerprint density at radius 2 is 1.93 bits per heavy atom. The molecule has 3 rings (SSSR count). The molecule has 1 fully saturated rings.